The molecule has 1 heterocycles. The molecule has 0 unspecified atom stereocenters. The SMILES string of the molecule is COCc1cccc(NC(=O)c2ccc(CN3CCCc4ccccc43)cc2)c1. The molecule has 4 rings (SSSR count). The zero-order chi connectivity index (χ0) is 20.1. The number of hydrogen-bond acceptors (Lipinski definition) is 3. The number of rotatable bonds is 6. The van der Waals surface area contributed by atoms with Gasteiger partial charge in [0, 0.05) is 37.1 Å². The van der Waals surface area contributed by atoms with Crippen molar-refractivity contribution in [2.45, 2.75) is 26.0 Å². The number of ether oxygens (including phenoxy) is 1. The maximum absolute atomic E-state index is 12.6. The van der Waals surface area contributed by atoms with Crippen LogP contribution in [0.5, 0.6) is 0 Å². The second-order valence-corrected chi connectivity index (χ2v) is 7.44. The molecule has 1 amide bonds. The van der Waals surface area contributed by atoms with Crippen LogP contribution in [0.2, 0.25) is 0 Å². The lowest BCUT2D eigenvalue weighted by molar-refractivity contribution is 0.102. The van der Waals surface area contributed by atoms with Gasteiger partial charge < -0.3 is 15.0 Å². The molecular weight excluding hydrogens is 360 g/mol. The smallest absolute Gasteiger partial charge is 0.255 e. The van der Waals surface area contributed by atoms with Crippen LogP contribution >= 0.6 is 0 Å². The molecule has 0 aromatic heterocycles. The van der Waals surface area contributed by atoms with E-state index in [1.54, 1.807) is 7.11 Å². The molecule has 4 nitrogen and oxygen atoms in total. The number of benzene rings is 3. The summed E-state index contributed by atoms with van der Waals surface area (Å²) in [5.74, 6) is -0.102. The van der Waals surface area contributed by atoms with Gasteiger partial charge in [-0.3, -0.25) is 4.79 Å². The van der Waals surface area contributed by atoms with E-state index in [1.807, 2.05) is 48.5 Å². The Kier molecular flexibility index (Phi) is 5.92. The number of para-hydroxylation sites is 1. The predicted octanol–water partition coefficient (Wildman–Crippen LogP) is 5.04. The second kappa shape index (κ2) is 8.93. The van der Waals surface area contributed by atoms with Gasteiger partial charge in [-0.15, -0.1) is 0 Å². The van der Waals surface area contributed by atoms with Crippen molar-refractivity contribution < 1.29 is 9.53 Å². The number of aryl methyl sites for hydroxylation is 1. The summed E-state index contributed by atoms with van der Waals surface area (Å²) in [5.41, 5.74) is 6.42. The van der Waals surface area contributed by atoms with Gasteiger partial charge in [0.05, 0.1) is 6.61 Å². The zero-order valence-corrected chi connectivity index (χ0v) is 16.7. The fourth-order valence-corrected chi connectivity index (χ4v) is 3.87. The summed E-state index contributed by atoms with van der Waals surface area (Å²) in [5, 5.41) is 2.97. The summed E-state index contributed by atoms with van der Waals surface area (Å²) in [6.07, 6.45) is 2.33. The van der Waals surface area contributed by atoms with E-state index in [9.17, 15) is 4.79 Å². The normalized spacial score (nSPS) is 13.1. The Morgan fingerprint density at radius 3 is 2.66 bits per heavy atom. The van der Waals surface area contributed by atoms with Crippen molar-refractivity contribution in [2.24, 2.45) is 0 Å². The van der Waals surface area contributed by atoms with Gasteiger partial charge in [-0.05, 0) is 59.9 Å². The van der Waals surface area contributed by atoms with Crippen LogP contribution in [0.15, 0.2) is 72.8 Å². The molecule has 29 heavy (non-hydrogen) atoms. The average molecular weight is 386 g/mol. The van der Waals surface area contributed by atoms with Crippen LogP contribution in [0.25, 0.3) is 0 Å². The Morgan fingerprint density at radius 1 is 1.00 bits per heavy atom. The molecule has 148 valence electrons. The lowest BCUT2D eigenvalue weighted by Gasteiger charge is -2.31. The van der Waals surface area contributed by atoms with Crippen molar-refractivity contribution in [1.29, 1.82) is 0 Å². The highest BCUT2D eigenvalue weighted by molar-refractivity contribution is 6.04. The first kappa shape index (κ1) is 19.2. The number of fused-ring (bicyclic) bond motifs is 1. The average Bonchev–Trinajstić information content (AvgIpc) is 2.75. The van der Waals surface area contributed by atoms with Crippen LogP contribution in [0.3, 0.4) is 0 Å². The third-order valence-electron chi connectivity index (χ3n) is 5.29. The number of hydrogen-bond donors (Lipinski definition) is 1. The van der Waals surface area contributed by atoms with E-state index in [0.717, 1.165) is 30.8 Å². The van der Waals surface area contributed by atoms with Crippen molar-refractivity contribution in [2.75, 3.05) is 23.9 Å². The van der Waals surface area contributed by atoms with E-state index < -0.39 is 0 Å². The molecule has 0 spiro atoms. The quantitative estimate of drug-likeness (QED) is 0.645. The Labute approximate surface area is 172 Å². The van der Waals surface area contributed by atoms with Crippen LogP contribution in [0, 0.1) is 0 Å². The maximum Gasteiger partial charge on any atom is 0.255 e. The number of carbonyl (C=O) groups is 1. The van der Waals surface area contributed by atoms with Crippen LogP contribution in [-0.4, -0.2) is 19.6 Å². The topological polar surface area (TPSA) is 41.6 Å². The summed E-state index contributed by atoms with van der Waals surface area (Å²) in [7, 11) is 1.66. The number of methoxy groups -OCH3 is 1. The molecule has 1 aliphatic rings. The first-order valence-corrected chi connectivity index (χ1v) is 10.0. The highest BCUT2D eigenvalue weighted by Crippen LogP contribution is 2.28. The molecule has 0 radical (unpaired) electrons. The number of anilines is 2. The molecule has 0 fully saturated rings. The van der Waals surface area contributed by atoms with Gasteiger partial charge >= 0.3 is 0 Å². The number of nitrogens with one attached hydrogen (secondary N) is 1. The van der Waals surface area contributed by atoms with Gasteiger partial charge in [0.25, 0.3) is 5.91 Å². The van der Waals surface area contributed by atoms with Gasteiger partial charge in [-0.25, -0.2) is 0 Å². The monoisotopic (exact) mass is 386 g/mol. The van der Waals surface area contributed by atoms with Crippen LogP contribution in [-0.2, 0) is 24.3 Å². The minimum atomic E-state index is -0.102. The van der Waals surface area contributed by atoms with E-state index in [-0.39, 0.29) is 5.91 Å². The second-order valence-electron chi connectivity index (χ2n) is 7.44. The van der Waals surface area contributed by atoms with Gasteiger partial charge in [-0.1, -0.05) is 42.5 Å². The summed E-state index contributed by atoms with van der Waals surface area (Å²) in [6.45, 7) is 2.45. The van der Waals surface area contributed by atoms with E-state index in [2.05, 4.69) is 34.5 Å². The lowest BCUT2D eigenvalue weighted by atomic mass is 10.0. The molecule has 0 saturated carbocycles. The summed E-state index contributed by atoms with van der Waals surface area (Å²) in [6, 6.07) is 24.3. The highest BCUT2D eigenvalue weighted by atomic mass is 16.5. The van der Waals surface area contributed by atoms with E-state index in [4.69, 9.17) is 4.74 Å². The summed E-state index contributed by atoms with van der Waals surface area (Å²) < 4.78 is 5.15. The Hall–Kier alpha value is -3.11. The fourth-order valence-electron chi connectivity index (χ4n) is 3.87. The van der Waals surface area contributed by atoms with Crippen LogP contribution < -0.4 is 10.2 Å². The standard InChI is InChI=1S/C25H26N2O2/c1-29-18-20-6-4-9-23(16-20)26-25(28)22-13-11-19(12-14-22)17-27-15-5-8-21-7-2-3-10-24(21)27/h2-4,6-7,9-14,16H,5,8,15,17-18H2,1H3,(H,26,28). The Bertz CT molecular complexity index is 982. The summed E-state index contributed by atoms with van der Waals surface area (Å²) in [4.78, 5) is 15.0. The molecule has 0 bridgehead atoms. The van der Waals surface area contributed by atoms with Crippen molar-refractivity contribution in [1.82, 2.24) is 0 Å². The molecule has 3 aromatic carbocycles. The van der Waals surface area contributed by atoms with Gasteiger partial charge in [-0.2, -0.15) is 0 Å². The van der Waals surface area contributed by atoms with Crippen LogP contribution in [0.4, 0.5) is 11.4 Å². The Morgan fingerprint density at radius 2 is 1.83 bits per heavy atom. The summed E-state index contributed by atoms with van der Waals surface area (Å²) >= 11 is 0. The molecule has 3 aromatic rings. The number of amides is 1. The molecule has 0 aliphatic carbocycles. The third-order valence-corrected chi connectivity index (χ3v) is 5.29. The van der Waals surface area contributed by atoms with Crippen molar-refractivity contribution in [3.05, 3.63) is 95.1 Å². The van der Waals surface area contributed by atoms with E-state index in [1.165, 1.54) is 23.2 Å². The van der Waals surface area contributed by atoms with Crippen molar-refractivity contribution >= 4 is 17.3 Å². The van der Waals surface area contributed by atoms with E-state index >= 15 is 0 Å². The maximum atomic E-state index is 12.6. The number of nitrogens with zero attached hydrogens (tertiary/aromatic N) is 1. The molecule has 0 saturated heterocycles. The first-order valence-electron chi connectivity index (χ1n) is 10.0. The van der Waals surface area contributed by atoms with Crippen molar-refractivity contribution in [3.8, 4) is 0 Å². The van der Waals surface area contributed by atoms with Crippen LogP contribution in [0.1, 0.15) is 33.5 Å². The van der Waals surface area contributed by atoms with Crippen molar-refractivity contribution in [3.63, 3.8) is 0 Å². The third kappa shape index (κ3) is 4.66. The lowest BCUT2D eigenvalue weighted by Crippen LogP contribution is -2.28. The number of carbonyl (C=O) groups excluding carboxylic acids is 1. The van der Waals surface area contributed by atoms with E-state index in [0.29, 0.717) is 12.2 Å². The fraction of sp³-hybridized carbons (Fsp3) is 0.240. The minimum Gasteiger partial charge on any atom is -0.380 e. The zero-order valence-electron chi connectivity index (χ0n) is 16.7. The highest BCUT2D eigenvalue weighted by Gasteiger charge is 2.16. The van der Waals surface area contributed by atoms with Gasteiger partial charge in [0.1, 0.15) is 0 Å². The molecule has 4 heteroatoms. The molecule has 1 N–H and O–H groups in total. The Balaban J connectivity index is 1.42. The molecule has 1 aliphatic heterocycles. The molecular formula is C25H26N2O2. The van der Waals surface area contributed by atoms with Gasteiger partial charge in [0.15, 0.2) is 0 Å². The molecule has 0 atom stereocenters. The van der Waals surface area contributed by atoms with Gasteiger partial charge in [0.2, 0.25) is 0 Å². The predicted molar refractivity (Wildman–Crippen MR) is 117 cm³/mol. The largest absolute Gasteiger partial charge is 0.380 e. The minimum absolute atomic E-state index is 0.102. The first-order chi connectivity index (χ1) is 14.2.